The van der Waals surface area contributed by atoms with Gasteiger partial charge in [0.1, 0.15) is 0 Å². The van der Waals surface area contributed by atoms with Crippen molar-refractivity contribution in [2.45, 2.75) is 51.2 Å². The molecule has 0 bridgehead atoms. The van der Waals surface area contributed by atoms with Crippen LogP contribution in [0.4, 0.5) is 0 Å². The van der Waals surface area contributed by atoms with Crippen LogP contribution in [0.5, 0.6) is 0 Å². The zero-order valence-corrected chi connectivity index (χ0v) is 14.0. The van der Waals surface area contributed by atoms with Gasteiger partial charge in [-0.05, 0) is 33.1 Å². The Labute approximate surface area is 130 Å². The summed E-state index contributed by atoms with van der Waals surface area (Å²) in [5, 5.41) is 3.04. The molecule has 0 aromatic carbocycles. The van der Waals surface area contributed by atoms with Crippen LogP contribution in [0.3, 0.4) is 0 Å². The number of rotatable bonds is 6. The zero-order valence-electron chi connectivity index (χ0n) is 13.2. The van der Waals surface area contributed by atoms with Crippen molar-refractivity contribution in [1.82, 2.24) is 10.2 Å². The Morgan fingerprint density at radius 1 is 1.38 bits per heavy atom. The fourth-order valence-electron chi connectivity index (χ4n) is 2.92. The first-order valence-corrected chi connectivity index (χ1v) is 9.44. The van der Waals surface area contributed by atoms with Crippen molar-refractivity contribution in [3.05, 3.63) is 0 Å². The SMILES string of the molecule is CC(C)(CNC(=O)CC[C@@H]1CCCO1)N1CCS(=O)CC1. The summed E-state index contributed by atoms with van der Waals surface area (Å²) in [6.45, 7) is 7.47. The van der Waals surface area contributed by atoms with Crippen LogP contribution in [-0.4, -0.2) is 64.4 Å². The van der Waals surface area contributed by atoms with E-state index in [1.165, 1.54) is 0 Å². The van der Waals surface area contributed by atoms with Gasteiger partial charge in [0, 0.05) is 60.5 Å². The maximum atomic E-state index is 11.9. The van der Waals surface area contributed by atoms with Gasteiger partial charge in [0.15, 0.2) is 0 Å². The van der Waals surface area contributed by atoms with Crippen molar-refractivity contribution in [3.8, 4) is 0 Å². The van der Waals surface area contributed by atoms with E-state index in [-0.39, 0.29) is 17.6 Å². The van der Waals surface area contributed by atoms with Crippen molar-refractivity contribution < 1.29 is 13.7 Å². The lowest BCUT2D eigenvalue weighted by Gasteiger charge is -2.40. The molecule has 2 saturated heterocycles. The van der Waals surface area contributed by atoms with Crippen LogP contribution in [-0.2, 0) is 20.3 Å². The predicted octanol–water partition coefficient (Wildman–Crippen LogP) is 0.905. The topological polar surface area (TPSA) is 58.6 Å². The third-order valence-electron chi connectivity index (χ3n) is 4.47. The van der Waals surface area contributed by atoms with E-state index < -0.39 is 10.8 Å². The van der Waals surface area contributed by atoms with E-state index in [1.807, 2.05) is 0 Å². The Hall–Kier alpha value is -0.460. The molecule has 0 radical (unpaired) electrons. The second-order valence-electron chi connectivity index (χ2n) is 6.60. The fourth-order valence-corrected chi connectivity index (χ4v) is 3.97. The van der Waals surface area contributed by atoms with E-state index in [2.05, 4.69) is 24.1 Å². The predicted molar refractivity (Wildman–Crippen MR) is 84.7 cm³/mol. The van der Waals surface area contributed by atoms with Crippen molar-refractivity contribution in [1.29, 1.82) is 0 Å². The summed E-state index contributed by atoms with van der Waals surface area (Å²) in [6.07, 6.45) is 3.86. The molecule has 2 heterocycles. The molecule has 0 aromatic heterocycles. The number of carbonyl (C=O) groups is 1. The Morgan fingerprint density at radius 2 is 2.10 bits per heavy atom. The van der Waals surface area contributed by atoms with E-state index in [4.69, 9.17) is 4.74 Å². The molecule has 2 fully saturated rings. The van der Waals surface area contributed by atoms with E-state index in [9.17, 15) is 9.00 Å². The fraction of sp³-hybridized carbons (Fsp3) is 0.933. The number of hydrogen-bond acceptors (Lipinski definition) is 4. The lowest BCUT2D eigenvalue weighted by molar-refractivity contribution is -0.122. The molecule has 2 rings (SSSR count). The third-order valence-corrected chi connectivity index (χ3v) is 5.75. The smallest absolute Gasteiger partial charge is 0.220 e. The normalized spacial score (nSPS) is 25.1. The van der Waals surface area contributed by atoms with E-state index >= 15 is 0 Å². The minimum absolute atomic E-state index is 0.0792. The van der Waals surface area contributed by atoms with Crippen LogP contribution in [0.25, 0.3) is 0 Å². The molecule has 122 valence electrons. The van der Waals surface area contributed by atoms with Gasteiger partial charge in [0.05, 0.1) is 6.10 Å². The molecule has 6 heteroatoms. The average Bonchev–Trinajstić information content (AvgIpc) is 2.97. The van der Waals surface area contributed by atoms with Crippen LogP contribution in [0.1, 0.15) is 39.5 Å². The molecule has 5 nitrogen and oxygen atoms in total. The Morgan fingerprint density at radius 3 is 2.71 bits per heavy atom. The van der Waals surface area contributed by atoms with Crippen molar-refractivity contribution >= 4 is 16.7 Å². The molecule has 0 saturated carbocycles. The molecule has 2 aliphatic heterocycles. The summed E-state index contributed by atoms with van der Waals surface area (Å²) in [5.41, 5.74) is -0.0792. The number of hydrogen-bond donors (Lipinski definition) is 1. The van der Waals surface area contributed by atoms with E-state index in [0.717, 1.165) is 50.5 Å². The molecule has 0 unspecified atom stereocenters. The molecular formula is C15H28N2O3S. The van der Waals surface area contributed by atoms with Crippen LogP contribution in [0.15, 0.2) is 0 Å². The van der Waals surface area contributed by atoms with Gasteiger partial charge in [-0.3, -0.25) is 13.9 Å². The molecular weight excluding hydrogens is 288 g/mol. The second kappa shape index (κ2) is 7.70. The highest BCUT2D eigenvalue weighted by Gasteiger charge is 2.30. The van der Waals surface area contributed by atoms with E-state index in [0.29, 0.717) is 13.0 Å². The molecule has 1 N–H and O–H groups in total. The molecule has 1 amide bonds. The molecule has 0 aromatic rings. The molecule has 21 heavy (non-hydrogen) atoms. The Balaban J connectivity index is 1.67. The Kier molecular flexibility index (Phi) is 6.20. The van der Waals surface area contributed by atoms with Crippen molar-refractivity contribution in [3.63, 3.8) is 0 Å². The quantitative estimate of drug-likeness (QED) is 0.791. The van der Waals surface area contributed by atoms with Crippen LogP contribution >= 0.6 is 0 Å². The molecule has 0 spiro atoms. The first-order chi connectivity index (χ1) is 9.97. The summed E-state index contributed by atoms with van der Waals surface area (Å²) in [4.78, 5) is 14.3. The van der Waals surface area contributed by atoms with Gasteiger partial charge in [-0.25, -0.2) is 0 Å². The lowest BCUT2D eigenvalue weighted by Crippen LogP contribution is -2.55. The summed E-state index contributed by atoms with van der Waals surface area (Å²) < 4.78 is 17.0. The lowest BCUT2D eigenvalue weighted by atomic mass is 10.0. The second-order valence-corrected chi connectivity index (χ2v) is 8.29. The minimum Gasteiger partial charge on any atom is -0.378 e. The van der Waals surface area contributed by atoms with Crippen molar-refractivity contribution in [2.75, 3.05) is 37.7 Å². The number of nitrogens with zero attached hydrogens (tertiary/aromatic N) is 1. The van der Waals surface area contributed by atoms with E-state index in [1.54, 1.807) is 0 Å². The molecule has 2 aliphatic rings. The number of ether oxygens (including phenoxy) is 1. The van der Waals surface area contributed by atoms with Crippen LogP contribution in [0.2, 0.25) is 0 Å². The summed E-state index contributed by atoms with van der Waals surface area (Å²) >= 11 is 0. The van der Waals surface area contributed by atoms with Gasteiger partial charge in [-0.2, -0.15) is 0 Å². The first kappa shape index (κ1) is 16.9. The summed E-state index contributed by atoms with van der Waals surface area (Å²) in [6, 6.07) is 0. The minimum atomic E-state index is -0.656. The van der Waals surface area contributed by atoms with Gasteiger partial charge >= 0.3 is 0 Å². The monoisotopic (exact) mass is 316 g/mol. The average molecular weight is 316 g/mol. The van der Waals surface area contributed by atoms with Gasteiger partial charge in [-0.1, -0.05) is 0 Å². The number of carbonyl (C=O) groups excluding carboxylic acids is 1. The van der Waals surface area contributed by atoms with Crippen LogP contribution in [0, 0.1) is 0 Å². The van der Waals surface area contributed by atoms with Gasteiger partial charge < -0.3 is 10.1 Å². The van der Waals surface area contributed by atoms with Crippen molar-refractivity contribution in [2.24, 2.45) is 0 Å². The molecule has 0 aliphatic carbocycles. The highest BCUT2D eigenvalue weighted by molar-refractivity contribution is 7.85. The van der Waals surface area contributed by atoms with Gasteiger partial charge in [-0.15, -0.1) is 0 Å². The van der Waals surface area contributed by atoms with Gasteiger partial charge in [0.2, 0.25) is 5.91 Å². The highest BCUT2D eigenvalue weighted by Crippen LogP contribution is 2.18. The van der Waals surface area contributed by atoms with Crippen LogP contribution < -0.4 is 5.32 Å². The largest absolute Gasteiger partial charge is 0.378 e. The maximum absolute atomic E-state index is 11.9. The first-order valence-electron chi connectivity index (χ1n) is 7.96. The maximum Gasteiger partial charge on any atom is 0.220 e. The Bertz CT molecular complexity index is 371. The van der Waals surface area contributed by atoms with Gasteiger partial charge in [0.25, 0.3) is 0 Å². The molecule has 1 atom stereocenters. The third kappa shape index (κ3) is 5.34. The summed E-state index contributed by atoms with van der Waals surface area (Å²) in [5.74, 6) is 1.60. The number of nitrogens with one attached hydrogen (secondary N) is 1. The standard InChI is InChI=1S/C15H28N2O3S/c1-15(2,17-7-10-21(19)11-8-17)12-16-14(18)6-5-13-4-3-9-20-13/h13H,3-12H2,1-2H3,(H,16,18)/t13-/m0/s1. The number of amides is 1. The highest BCUT2D eigenvalue weighted by atomic mass is 32.2. The zero-order chi connectivity index (χ0) is 15.3. The summed E-state index contributed by atoms with van der Waals surface area (Å²) in [7, 11) is -0.656.